The van der Waals surface area contributed by atoms with Crippen molar-refractivity contribution in [3.63, 3.8) is 0 Å². The molecule has 0 aromatic heterocycles. The van der Waals surface area contributed by atoms with E-state index in [4.69, 9.17) is 14.2 Å². The highest BCUT2D eigenvalue weighted by Gasteiger charge is 2.61. The van der Waals surface area contributed by atoms with Crippen molar-refractivity contribution in [3.8, 4) is 17.2 Å². The Labute approximate surface area is 307 Å². The molecule has 4 rings (SSSR count). The van der Waals surface area contributed by atoms with E-state index in [-0.39, 0.29) is 16.7 Å². The van der Waals surface area contributed by atoms with Crippen LogP contribution in [0.3, 0.4) is 0 Å². The molecule has 284 valence electrons. The summed E-state index contributed by atoms with van der Waals surface area (Å²) in [6.45, 7) is 6.85. The second-order valence-corrected chi connectivity index (χ2v) is 12.6. The average Bonchev–Trinajstić information content (AvgIpc) is 3.07. The maximum atomic E-state index is 15.1. The van der Waals surface area contributed by atoms with Gasteiger partial charge in [0.1, 0.15) is 6.04 Å². The molecule has 0 fully saturated rings. The minimum atomic E-state index is -5.67. The van der Waals surface area contributed by atoms with Crippen LogP contribution in [0.15, 0.2) is 79.0 Å². The van der Waals surface area contributed by atoms with Crippen LogP contribution >= 0.6 is 0 Å². The summed E-state index contributed by atoms with van der Waals surface area (Å²) >= 11 is 0. The van der Waals surface area contributed by atoms with Crippen molar-refractivity contribution in [3.05, 3.63) is 95.7 Å². The van der Waals surface area contributed by atoms with E-state index >= 15 is 4.79 Å². The molecule has 1 aliphatic heterocycles. The van der Waals surface area contributed by atoms with E-state index in [1.807, 2.05) is 0 Å². The zero-order valence-corrected chi connectivity index (χ0v) is 30.0. The number of halogens is 3. The van der Waals surface area contributed by atoms with E-state index in [9.17, 15) is 41.9 Å². The minimum Gasteiger partial charge on any atom is -0.423 e. The first-order valence-corrected chi connectivity index (χ1v) is 16.4. The topological polar surface area (TPSA) is 166 Å². The molecule has 0 saturated heterocycles. The summed E-state index contributed by atoms with van der Waals surface area (Å²) in [4.78, 5) is 94.1. The van der Waals surface area contributed by atoms with Crippen LogP contribution in [0.2, 0.25) is 0 Å². The van der Waals surface area contributed by atoms with Crippen LogP contribution in [-0.4, -0.2) is 69.1 Å². The Kier molecular flexibility index (Phi) is 12.1. The van der Waals surface area contributed by atoms with Gasteiger partial charge >= 0.3 is 24.1 Å². The molecule has 13 nitrogen and oxygen atoms in total. The first kappa shape index (κ1) is 40.5. The normalized spacial score (nSPS) is 15.5. The summed E-state index contributed by atoms with van der Waals surface area (Å²) in [6.07, 6.45) is -5.58. The lowest BCUT2D eigenvalue weighted by Crippen LogP contribution is -2.73. The van der Waals surface area contributed by atoms with Gasteiger partial charge in [-0.3, -0.25) is 38.5 Å². The van der Waals surface area contributed by atoms with Crippen molar-refractivity contribution in [1.29, 1.82) is 0 Å². The first-order valence-electron chi connectivity index (χ1n) is 16.4. The molecule has 0 radical (unpaired) electrons. The molecule has 0 spiro atoms. The smallest absolute Gasteiger partial charge is 0.423 e. The predicted octanol–water partition coefficient (Wildman–Crippen LogP) is 4.98. The Bertz CT molecular complexity index is 1980. The fourth-order valence-corrected chi connectivity index (χ4v) is 6.02. The van der Waals surface area contributed by atoms with Gasteiger partial charge in [-0.25, -0.2) is 0 Å². The van der Waals surface area contributed by atoms with Gasteiger partial charge in [0.15, 0.2) is 17.2 Å². The van der Waals surface area contributed by atoms with Crippen LogP contribution in [0.25, 0.3) is 5.70 Å². The van der Waals surface area contributed by atoms with Crippen molar-refractivity contribution >= 4 is 47.1 Å². The standard InChI is InChI=1S/C38H36F3N3O10/c1-21(2)32-35(50)44(37(42-22(3)45,36(51)38(39,40)41)19-26-13-9-7-10-14-26)29(20-43(32)34(49)27-15-11-8-12-16-27)28-17-30(52-23(4)46)33(54-25(6)48)31(18-28)53-24(5)47/h7-18,20-21,32H,19H2,1-6H3,(H,42,45). The summed E-state index contributed by atoms with van der Waals surface area (Å²) in [5.74, 6) is -11.2. The Morgan fingerprint density at radius 2 is 1.28 bits per heavy atom. The fraction of sp³-hybridized carbons (Fsp3) is 0.289. The van der Waals surface area contributed by atoms with Crippen molar-refractivity contribution < 1.29 is 60.9 Å². The lowest BCUT2D eigenvalue weighted by Gasteiger charge is -2.49. The van der Waals surface area contributed by atoms with Gasteiger partial charge in [-0.2, -0.15) is 13.2 Å². The lowest BCUT2D eigenvalue weighted by atomic mass is 9.87. The number of rotatable bonds is 11. The van der Waals surface area contributed by atoms with Crippen molar-refractivity contribution in [2.24, 2.45) is 5.92 Å². The zero-order chi connectivity index (χ0) is 40.1. The van der Waals surface area contributed by atoms with Gasteiger partial charge < -0.3 is 24.4 Å². The van der Waals surface area contributed by atoms with Crippen LogP contribution in [0, 0.1) is 5.92 Å². The summed E-state index contributed by atoms with van der Waals surface area (Å²) in [5, 5.41) is 2.13. The average molecular weight is 752 g/mol. The number of benzene rings is 3. The van der Waals surface area contributed by atoms with Gasteiger partial charge in [0, 0.05) is 51.4 Å². The maximum absolute atomic E-state index is 15.1. The molecule has 3 aromatic carbocycles. The third kappa shape index (κ3) is 8.82. The number of esters is 3. The Morgan fingerprint density at radius 3 is 1.72 bits per heavy atom. The molecule has 3 amide bonds. The fourth-order valence-electron chi connectivity index (χ4n) is 6.02. The van der Waals surface area contributed by atoms with Crippen molar-refractivity contribution in [2.45, 2.75) is 65.8 Å². The predicted molar refractivity (Wildman–Crippen MR) is 184 cm³/mol. The van der Waals surface area contributed by atoms with E-state index in [2.05, 4.69) is 5.32 Å². The first-order chi connectivity index (χ1) is 25.3. The van der Waals surface area contributed by atoms with Gasteiger partial charge in [0.05, 0.1) is 5.70 Å². The maximum Gasteiger partial charge on any atom is 0.454 e. The molecular weight excluding hydrogens is 715 g/mol. The number of Topliss-reactive ketones (excluding diaryl/α,β-unsaturated/α-hetero) is 1. The van der Waals surface area contributed by atoms with Gasteiger partial charge in [0.2, 0.25) is 11.7 Å². The van der Waals surface area contributed by atoms with Gasteiger partial charge in [-0.05, 0) is 35.7 Å². The highest BCUT2D eigenvalue weighted by atomic mass is 19.4. The van der Waals surface area contributed by atoms with E-state index in [1.165, 1.54) is 50.2 Å². The zero-order valence-electron chi connectivity index (χ0n) is 30.0. The minimum absolute atomic E-state index is 0.0789. The lowest BCUT2D eigenvalue weighted by molar-refractivity contribution is -0.187. The van der Waals surface area contributed by atoms with E-state index in [1.54, 1.807) is 24.3 Å². The van der Waals surface area contributed by atoms with Gasteiger partial charge in [-0.1, -0.05) is 62.4 Å². The quantitative estimate of drug-likeness (QED) is 0.209. The van der Waals surface area contributed by atoms with Crippen LogP contribution in [-0.2, 0) is 35.2 Å². The molecular formula is C38H36F3N3O10. The molecule has 2 unspecified atom stereocenters. The van der Waals surface area contributed by atoms with Crippen molar-refractivity contribution in [2.75, 3.05) is 0 Å². The molecule has 3 aromatic rings. The van der Waals surface area contributed by atoms with Gasteiger partial charge in [-0.15, -0.1) is 0 Å². The molecule has 0 bridgehead atoms. The van der Waals surface area contributed by atoms with Crippen molar-refractivity contribution in [1.82, 2.24) is 15.1 Å². The molecule has 1 aliphatic rings. The number of nitrogens with zero attached hydrogens (tertiary/aromatic N) is 2. The Hall–Kier alpha value is -6.32. The molecule has 1 heterocycles. The number of carbonyl (C=O) groups is 7. The monoisotopic (exact) mass is 751 g/mol. The second kappa shape index (κ2) is 16.1. The molecule has 1 N–H and O–H groups in total. The van der Waals surface area contributed by atoms with Gasteiger partial charge in [0.25, 0.3) is 17.6 Å². The number of amides is 3. The Balaban J connectivity index is 2.23. The number of ether oxygens (including phenoxy) is 3. The highest BCUT2D eigenvalue weighted by molar-refractivity contribution is 6.07. The third-order valence-corrected chi connectivity index (χ3v) is 7.93. The Morgan fingerprint density at radius 1 is 0.778 bits per heavy atom. The second-order valence-electron chi connectivity index (χ2n) is 12.6. The number of ketones is 1. The number of carbonyl (C=O) groups excluding carboxylic acids is 7. The third-order valence-electron chi connectivity index (χ3n) is 7.93. The van der Waals surface area contributed by atoms with Crippen LogP contribution in [0.5, 0.6) is 17.2 Å². The van der Waals surface area contributed by atoms with E-state index < -0.39 is 94.6 Å². The largest absolute Gasteiger partial charge is 0.454 e. The van der Waals surface area contributed by atoms with E-state index in [0.29, 0.717) is 4.90 Å². The molecule has 2 atom stereocenters. The summed E-state index contributed by atoms with van der Waals surface area (Å²) in [5.41, 5.74) is -4.07. The van der Waals surface area contributed by atoms with Crippen LogP contribution in [0.4, 0.5) is 13.2 Å². The SMILES string of the molecule is CC(=O)NC(Cc1ccccc1)(C(=O)C(F)(F)F)N1C(=O)C(C(C)C)N(C(=O)c2ccccc2)C=C1c1cc(OC(C)=O)c(OC(C)=O)c(OC(C)=O)c1. The molecule has 16 heteroatoms. The summed E-state index contributed by atoms with van der Waals surface area (Å²) in [7, 11) is 0. The molecule has 54 heavy (non-hydrogen) atoms. The summed E-state index contributed by atoms with van der Waals surface area (Å²) < 4.78 is 60.4. The number of hydrogen-bond donors (Lipinski definition) is 1. The van der Waals surface area contributed by atoms with E-state index in [0.717, 1.165) is 50.9 Å². The number of nitrogens with one attached hydrogen (secondary N) is 1. The number of alkyl halides is 3. The highest BCUT2D eigenvalue weighted by Crippen LogP contribution is 2.45. The van der Waals surface area contributed by atoms with Crippen LogP contribution < -0.4 is 19.5 Å². The summed E-state index contributed by atoms with van der Waals surface area (Å²) in [6, 6.07) is 15.3. The molecule has 0 aliphatic carbocycles. The van der Waals surface area contributed by atoms with Crippen LogP contribution in [0.1, 0.15) is 63.0 Å². The number of hydrogen-bond acceptors (Lipinski definition) is 10. The molecule has 0 saturated carbocycles.